The number of esters is 2. The number of hydrogen-bond donors (Lipinski definition) is 0. The zero-order valence-electron chi connectivity index (χ0n) is 7.71. The Morgan fingerprint density at radius 3 is 2.38 bits per heavy atom. The van der Waals surface area contributed by atoms with E-state index in [0.717, 1.165) is 0 Å². The molecule has 0 saturated carbocycles. The predicted octanol–water partition coefficient (Wildman–Crippen LogP) is 1.27. The molecule has 5 heteroatoms. The van der Waals surface area contributed by atoms with Crippen molar-refractivity contribution in [3.8, 4) is 0 Å². The molecule has 0 aliphatic rings. The van der Waals surface area contributed by atoms with Crippen molar-refractivity contribution < 1.29 is 19.1 Å². The van der Waals surface area contributed by atoms with E-state index >= 15 is 0 Å². The lowest BCUT2D eigenvalue weighted by atomic mass is 10.3. The number of hydrogen-bond acceptors (Lipinski definition) is 4. The normalized spacial score (nSPS) is 11.9. The van der Waals surface area contributed by atoms with Gasteiger partial charge in [0.15, 0.2) is 0 Å². The molecule has 4 nitrogen and oxygen atoms in total. The minimum absolute atomic E-state index is 0.0908. The van der Waals surface area contributed by atoms with Crippen LogP contribution in [0.5, 0.6) is 0 Å². The second-order valence-electron chi connectivity index (χ2n) is 2.40. The Kier molecular flexibility index (Phi) is 6.58. The molecule has 0 aromatic rings. The van der Waals surface area contributed by atoms with Crippen LogP contribution in [0.1, 0.15) is 19.8 Å². The van der Waals surface area contributed by atoms with Crippen LogP contribution in [0, 0.1) is 0 Å². The molecule has 13 heavy (non-hydrogen) atoms. The Labute approximate surface area is 85.7 Å². The van der Waals surface area contributed by atoms with Crippen molar-refractivity contribution in [2.24, 2.45) is 0 Å². The molecule has 0 aliphatic heterocycles. The number of halogens is 1. The fourth-order valence-corrected chi connectivity index (χ4v) is 1.03. The Bertz CT molecular complexity index is 163. The highest BCUT2D eigenvalue weighted by Crippen LogP contribution is 2.05. The molecule has 0 bridgehead atoms. The van der Waals surface area contributed by atoms with Crippen molar-refractivity contribution >= 4 is 27.9 Å². The van der Waals surface area contributed by atoms with Crippen LogP contribution in [0.4, 0.5) is 0 Å². The Morgan fingerprint density at radius 1 is 1.38 bits per heavy atom. The highest BCUT2D eigenvalue weighted by molar-refractivity contribution is 9.09. The Morgan fingerprint density at radius 2 is 2.00 bits per heavy atom. The van der Waals surface area contributed by atoms with Crippen molar-refractivity contribution in [1.82, 2.24) is 0 Å². The van der Waals surface area contributed by atoms with E-state index in [2.05, 4.69) is 20.7 Å². The molecule has 0 radical (unpaired) electrons. The fraction of sp³-hybridized carbons (Fsp3) is 0.750. The van der Waals surface area contributed by atoms with E-state index in [1.54, 1.807) is 6.92 Å². The van der Waals surface area contributed by atoms with Crippen LogP contribution >= 0.6 is 15.9 Å². The standard InChI is InChI=1S/C8H13BrO4/c1-3-7(10)13-6(5-9)4-8(11)12-2/h6H,3-5H2,1-2H3. The molecule has 0 aromatic carbocycles. The van der Waals surface area contributed by atoms with Gasteiger partial charge < -0.3 is 9.47 Å². The maximum Gasteiger partial charge on any atom is 0.309 e. The van der Waals surface area contributed by atoms with Crippen molar-refractivity contribution in [3.63, 3.8) is 0 Å². The lowest BCUT2D eigenvalue weighted by molar-refractivity contribution is -0.152. The molecule has 0 heterocycles. The number of rotatable bonds is 5. The predicted molar refractivity (Wildman–Crippen MR) is 50.6 cm³/mol. The average Bonchev–Trinajstić information content (AvgIpc) is 2.16. The van der Waals surface area contributed by atoms with Gasteiger partial charge in [-0.1, -0.05) is 22.9 Å². The maximum absolute atomic E-state index is 10.9. The zero-order chi connectivity index (χ0) is 10.3. The third kappa shape index (κ3) is 5.63. The quantitative estimate of drug-likeness (QED) is 0.546. The van der Waals surface area contributed by atoms with E-state index in [4.69, 9.17) is 4.74 Å². The first kappa shape index (κ1) is 12.4. The van der Waals surface area contributed by atoms with Gasteiger partial charge in [0.05, 0.1) is 13.5 Å². The van der Waals surface area contributed by atoms with E-state index in [1.807, 2.05) is 0 Å². The van der Waals surface area contributed by atoms with E-state index in [0.29, 0.717) is 11.8 Å². The summed E-state index contributed by atoms with van der Waals surface area (Å²) in [7, 11) is 1.30. The molecule has 0 saturated heterocycles. The van der Waals surface area contributed by atoms with Gasteiger partial charge in [-0.05, 0) is 0 Å². The molecule has 1 unspecified atom stereocenters. The number of carbonyl (C=O) groups is 2. The molecular weight excluding hydrogens is 240 g/mol. The van der Waals surface area contributed by atoms with Crippen LogP contribution in [0.25, 0.3) is 0 Å². The molecule has 0 fully saturated rings. The second kappa shape index (κ2) is 6.88. The monoisotopic (exact) mass is 252 g/mol. The Hall–Kier alpha value is -0.580. The molecule has 0 aliphatic carbocycles. The number of ether oxygens (including phenoxy) is 2. The summed E-state index contributed by atoms with van der Waals surface area (Å²) in [5.41, 5.74) is 0. The first-order chi connectivity index (χ1) is 6.13. The summed E-state index contributed by atoms with van der Waals surface area (Å²) in [6.45, 7) is 1.70. The van der Waals surface area contributed by atoms with E-state index in [1.165, 1.54) is 7.11 Å². The number of methoxy groups -OCH3 is 1. The third-order valence-corrected chi connectivity index (χ3v) is 2.10. The molecule has 0 amide bonds. The SMILES string of the molecule is CCC(=O)OC(CBr)CC(=O)OC. The van der Waals surface area contributed by atoms with Gasteiger partial charge in [-0.2, -0.15) is 0 Å². The van der Waals surface area contributed by atoms with Crippen LogP contribution < -0.4 is 0 Å². The Balaban J connectivity index is 3.89. The second-order valence-corrected chi connectivity index (χ2v) is 3.05. The van der Waals surface area contributed by atoms with Gasteiger partial charge >= 0.3 is 11.9 Å². The third-order valence-electron chi connectivity index (χ3n) is 1.38. The highest BCUT2D eigenvalue weighted by atomic mass is 79.9. The molecule has 0 aromatic heterocycles. The van der Waals surface area contributed by atoms with Crippen molar-refractivity contribution in [3.05, 3.63) is 0 Å². The molecule has 0 spiro atoms. The van der Waals surface area contributed by atoms with E-state index in [-0.39, 0.29) is 18.4 Å². The summed E-state index contributed by atoms with van der Waals surface area (Å²) >= 11 is 3.15. The molecule has 0 N–H and O–H groups in total. The number of alkyl halides is 1. The maximum atomic E-state index is 10.9. The van der Waals surface area contributed by atoms with Gasteiger partial charge in [-0.15, -0.1) is 0 Å². The minimum atomic E-state index is -0.431. The van der Waals surface area contributed by atoms with Crippen LogP contribution in [0.3, 0.4) is 0 Å². The van der Waals surface area contributed by atoms with Gasteiger partial charge in [-0.25, -0.2) is 0 Å². The zero-order valence-corrected chi connectivity index (χ0v) is 9.30. The lowest BCUT2D eigenvalue weighted by Crippen LogP contribution is -2.23. The van der Waals surface area contributed by atoms with Gasteiger partial charge in [0.1, 0.15) is 6.10 Å². The lowest BCUT2D eigenvalue weighted by Gasteiger charge is -2.13. The van der Waals surface area contributed by atoms with E-state index in [9.17, 15) is 9.59 Å². The summed E-state index contributed by atoms with van der Waals surface area (Å²) < 4.78 is 9.38. The van der Waals surface area contributed by atoms with Crippen LogP contribution in [-0.4, -0.2) is 30.5 Å². The summed E-state index contributed by atoms with van der Waals surface area (Å²) in [4.78, 5) is 21.7. The van der Waals surface area contributed by atoms with Crippen molar-refractivity contribution in [2.75, 3.05) is 12.4 Å². The number of carbonyl (C=O) groups excluding carboxylic acids is 2. The largest absolute Gasteiger partial charge is 0.469 e. The molecule has 1 atom stereocenters. The molecular formula is C8H13BrO4. The van der Waals surface area contributed by atoms with Gasteiger partial charge in [0.2, 0.25) is 0 Å². The van der Waals surface area contributed by atoms with Gasteiger partial charge in [0, 0.05) is 11.8 Å². The summed E-state index contributed by atoms with van der Waals surface area (Å²) in [5.74, 6) is -0.693. The first-order valence-corrected chi connectivity index (χ1v) is 5.08. The smallest absolute Gasteiger partial charge is 0.309 e. The van der Waals surface area contributed by atoms with Crippen molar-refractivity contribution in [1.29, 1.82) is 0 Å². The summed E-state index contributed by atoms with van der Waals surface area (Å²) in [5, 5.41) is 0.438. The van der Waals surface area contributed by atoms with Crippen molar-refractivity contribution in [2.45, 2.75) is 25.9 Å². The van der Waals surface area contributed by atoms with E-state index < -0.39 is 6.10 Å². The highest BCUT2D eigenvalue weighted by Gasteiger charge is 2.16. The topological polar surface area (TPSA) is 52.6 Å². The van der Waals surface area contributed by atoms with Crippen LogP contribution in [0.2, 0.25) is 0 Å². The summed E-state index contributed by atoms with van der Waals surface area (Å²) in [6.07, 6.45) is -0.0297. The van der Waals surface area contributed by atoms with Gasteiger partial charge in [-0.3, -0.25) is 9.59 Å². The first-order valence-electron chi connectivity index (χ1n) is 3.96. The fourth-order valence-electron chi connectivity index (χ4n) is 0.666. The molecule has 0 rings (SSSR count). The average molecular weight is 253 g/mol. The molecule has 76 valence electrons. The van der Waals surface area contributed by atoms with Gasteiger partial charge in [0.25, 0.3) is 0 Å². The summed E-state index contributed by atoms with van der Waals surface area (Å²) in [6, 6.07) is 0. The van der Waals surface area contributed by atoms with Crippen LogP contribution in [0.15, 0.2) is 0 Å². The van der Waals surface area contributed by atoms with Crippen LogP contribution in [-0.2, 0) is 19.1 Å². The minimum Gasteiger partial charge on any atom is -0.469 e.